The number of carbonyl (C=O) groups excluding carboxylic acids is 1. The number of hydrogen-bond donors (Lipinski definition) is 2. The van der Waals surface area contributed by atoms with E-state index in [-0.39, 0.29) is 11.7 Å². The van der Waals surface area contributed by atoms with Crippen molar-refractivity contribution in [3.63, 3.8) is 0 Å². The molecule has 1 aliphatic rings. The van der Waals surface area contributed by atoms with Crippen LogP contribution < -0.4 is 11.1 Å². The third-order valence-corrected chi connectivity index (χ3v) is 6.98. The van der Waals surface area contributed by atoms with E-state index >= 15 is 0 Å². The second-order valence-electron chi connectivity index (χ2n) is 9.55. The fourth-order valence-electron chi connectivity index (χ4n) is 4.33. The minimum Gasteiger partial charge on any atom is -0.385 e. The lowest BCUT2D eigenvalue weighted by molar-refractivity contribution is -0.119. The molecular formula is C27H44ClN3O. The molecule has 0 atom stereocenters. The fourth-order valence-corrected chi connectivity index (χ4v) is 4.50. The molecule has 1 saturated carbocycles. The minimum absolute atomic E-state index is 0.112. The molecule has 180 valence electrons. The number of benzene rings is 1. The maximum Gasteiger partial charge on any atom is 0.238 e. The molecule has 0 radical (unpaired) electrons. The molecule has 1 aliphatic carbocycles. The highest BCUT2D eigenvalue weighted by Crippen LogP contribution is 2.47. The largest absolute Gasteiger partial charge is 0.385 e. The fraction of sp³-hybridized carbons (Fsp3) is 0.704. The monoisotopic (exact) mass is 461 g/mol. The highest BCUT2D eigenvalue weighted by atomic mass is 35.5. The number of anilines is 1. The van der Waals surface area contributed by atoms with Gasteiger partial charge in [0.25, 0.3) is 0 Å². The molecule has 1 aromatic carbocycles. The van der Waals surface area contributed by atoms with E-state index in [1.807, 2.05) is 12.1 Å². The first kappa shape index (κ1) is 26.7. The summed E-state index contributed by atoms with van der Waals surface area (Å²) in [7, 11) is 0. The summed E-state index contributed by atoms with van der Waals surface area (Å²) in [6, 6.07) is 8.16. The summed E-state index contributed by atoms with van der Waals surface area (Å²) in [6.07, 6.45) is 21.9. The molecule has 5 heteroatoms. The van der Waals surface area contributed by atoms with Crippen molar-refractivity contribution in [2.45, 2.75) is 116 Å². The number of unbranched alkanes of at least 4 members (excludes halogenated alkanes) is 13. The van der Waals surface area contributed by atoms with E-state index < -0.39 is 5.41 Å². The lowest BCUT2D eigenvalue weighted by Crippen LogP contribution is -2.36. The van der Waals surface area contributed by atoms with E-state index in [9.17, 15) is 4.79 Å². The van der Waals surface area contributed by atoms with Crippen LogP contribution >= 0.6 is 11.8 Å². The van der Waals surface area contributed by atoms with Gasteiger partial charge >= 0.3 is 0 Å². The standard InChI is InChI=1S/C27H44ClN3O/c1-2-3-4-5-6-7-8-9-10-11-12-13-14-15-16-23-17-19-24(20-18-23)30-26(32)27(21-22-27)25(29)31-28/h17-20H,2-16,21-22H2,1H3,(H2,29,31)(H,30,32). The molecule has 0 bridgehead atoms. The van der Waals surface area contributed by atoms with Gasteiger partial charge in [0.15, 0.2) is 0 Å². The first-order valence-corrected chi connectivity index (χ1v) is 13.3. The van der Waals surface area contributed by atoms with Crippen LogP contribution in [-0.4, -0.2) is 11.7 Å². The Balaban J connectivity index is 1.47. The summed E-state index contributed by atoms with van der Waals surface area (Å²) in [5.74, 6) is 0.102. The van der Waals surface area contributed by atoms with Gasteiger partial charge < -0.3 is 11.1 Å². The van der Waals surface area contributed by atoms with Crippen LogP contribution in [0.4, 0.5) is 5.69 Å². The summed E-state index contributed by atoms with van der Waals surface area (Å²) >= 11 is 5.46. The Morgan fingerprint density at radius 3 is 1.78 bits per heavy atom. The van der Waals surface area contributed by atoms with Gasteiger partial charge in [-0.05, 0) is 43.4 Å². The van der Waals surface area contributed by atoms with E-state index in [1.165, 1.54) is 95.5 Å². The number of nitrogens with two attached hydrogens (primary N) is 1. The number of amides is 1. The number of halogens is 1. The Hall–Kier alpha value is -1.55. The summed E-state index contributed by atoms with van der Waals surface area (Å²) in [6.45, 7) is 2.28. The molecule has 2 rings (SSSR count). The van der Waals surface area contributed by atoms with E-state index in [2.05, 4.69) is 28.9 Å². The van der Waals surface area contributed by atoms with Crippen LogP contribution in [0.1, 0.15) is 115 Å². The van der Waals surface area contributed by atoms with E-state index in [1.54, 1.807) is 0 Å². The van der Waals surface area contributed by atoms with Crippen LogP contribution in [0.15, 0.2) is 28.8 Å². The number of aryl methyl sites for hydroxylation is 1. The number of amidine groups is 1. The van der Waals surface area contributed by atoms with Gasteiger partial charge in [0.2, 0.25) is 5.91 Å². The maximum atomic E-state index is 12.5. The Bertz CT molecular complexity index is 683. The van der Waals surface area contributed by atoms with Gasteiger partial charge in [0, 0.05) is 17.5 Å². The van der Waals surface area contributed by atoms with Gasteiger partial charge in [-0.15, -0.1) is 0 Å². The second kappa shape index (κ2) is 15.3. The van der Waals surface area contributed by atoms with Crippen molar-refractivity contribution < 1.29 is 4.79 Å². The van der Waals surface area contributed by atoms with Gasteiger partial charge in [-0.25, -0.2) is 0 Å². The van der Waals surface area contributed by atoms with Crippen molar-refractivity contribution in [1.29, 1.82) is 0 Å². The van der Waals surface area contributed by atoms with Crippen molar-refractivity contribution >= 4 is 29.2 Å². The van der Waals surface area contributed by atoms with Crippen LogP contribution in [0.3, 0.4) is 0 Å². The number of nitrogens with one attached hydrogen (secondary N) is 1. The van der Waals surface area contributed by atoms with Gasteiger partial charge in [-0.3, -0.25) is 4.79 Å². The van der Waals surface area contributed by atoms with Crippen LogP contribution in [-0.2, 0) is 11.2 Å². The molecule has 0 heterocycles. The molecule has 0 saturated heterocycles. The first-order chi connectivity index (χ1) is 15.6. The van der Waals surface area contributed by atoms with Crippen LogP contribution in [0.5, 0.6) is 0 Å². The minimum atomic E-state index is -0.700. The molecular weight excluding hydrogens is 418 g/mol. The normalized spacial score (nSPS) is 15.0. The molecule has 0 aliphatic heterocycles. The highest BCUT2D eigenvalue weighted by Gasteiger charge is 2.53. The van der Waals surface area contributed by atoms with Crippen molar-refractivity contribution in [3.05, 3.63) is 29.8 Å². The zero-order valence-electron chi connectivity index (χ0n) is 20.1. The highest BCUT2D eigenvalue weighted by molar-refractivity contribution is 6.24. The predicted molar refractivity (Wildman–Crippen MR) is 138 cm³/mol. The van der Waals surface area contributed by atoms with Crippen molar-refractivity contribution in [3.8, 4) is 0 Å². The van der Waals surface area contributed by atoms with Gasteiger partial charge in [-0.2, -0.15) is 4.51 Å². The van der Waals surface area contributed by atoms with Crippen molar-refractivity contribution in [2.75, 3.05) is 5.32 Å². The number of carbonyl (C=O) groups is 1. The van der Waals surface area contributed by atoms with E-state index in [0.29, 0.717) is 12.8 Å². The second-order valence-corrected chi connectivity index (χ2v) is 9.72. The number of hydrogen-bond acceptors (Lipinski definition) is 2. The third kappa shape index (κ3) is 9.52. The third-order valence-electron chi connectivity index (χ3n) is 6.80. The zero-order chi connectivity index (χ0) is 23.1. The molecule has 0 spiro atoms. The lowest BCUT2D eigenvalue weighted by atomic mass is 10.0. The molecule has 1 amide bonds. The van der Waals surface area contributed by atoms with Crippen molar-refractivity contribution in [2.24, 2.45) is 15.7 Å². The molecule has 0 unspecified atom stereocenters. The molecule has 4 nitrogen and oxygen atoms in total. The van der Waals surface area contributed by atoms with Crippen LogP contribution in [0, 0.1) is 5.41 Å². The quantitative estimate of drug-likeness (QED) is 0.132. The Kier molecular flexibility index (Phi) is 12.8. The average molecular weight is 462 g/mol. The lowest BCUT2D eigenvalue weighted by Gasteiger charge is -2.14. The Morgan fingerprint density at radius 1 is 0.875 bits per heavy atom. The summed E-state index contributed by atoms with van der Waals surface area (Å²) in [5, 5.41) is 2.95. The van der Waals surface area contributed by atoms with Gasteiger partial charge in [0.1, 0.15) is 11.3 Å². The summed E-state index contributed by atoms with van der Waals surface area (Å²) < 4.78 is 3.49. The summed E-state index contributed by atoms with van der Waals surface area (Å²) in [4.78, 5) is 12.5. The molecule has 32 heavy (non-hydrogen) atoms. The smallest absolute Gasteiger partial charge is 0.238 e. The van der Waals surface area contributed by atoms with Gasteiger partial charge in [-0.1, -0.05) is 103 Å². The van der Waals surface area contributed by atoms with E-state index in [0.717, 1.165) is 12.1 Å². The van der Waals surface area contributed by atoms with Gasteiger partial charge in [0.05, 0.1) is 0 Å². The topological polar surface area (TPSA) is 67.5 Å². The first-order valence-electron chi connectivity index (χ1n) is 13.0. The Labute approximate surface area is 200 Å². The zero-order valence-corrected chi connectivity index (χ0v) is 20.9. The maximum absolute atomic E-state index is 12.5. The predicted octanol–water partition coefficient (Wildman–Crippen LogP) is 7.94. The van der Waals surface area contributed by atoms with E-state index in [4.69, 9.17) is 17.5 Å². The molecule has 1 fully saturated rings. The summed E-state index contributed by atoms with van der Waals surface area (Å²) in [5.41, 5.74) is 7.22. The number of nitrogens with zero attached hydrogens (tertiary/aromatic N) is 1. The SMILES string of the molecule is CCCCCCCCCCCCCCCCc1ccc(NC(=O)C2(/C(N)=N/Cl)CC2)cc1. The number of rotatable bonds is 18. The average Bonchev–Trinajstić information content (AvgIpc) is 3.62. The molecule has 0 aromatic heterocycles. The molecule has 1 aromatic rings. The van der Waals surface area contributed by atoms with Crippen LogP contribution in [0.2, 0.25) is 0 Å². The Morgan fingerprint density at radius 2 is 1.34 bits per heavy atom. The van der Waals surface area contributed by atoms with Crippen molar-refractivity contribution in [1.82, 2.24) is 0 Å². The van der Waals surface area contributed by atoms with Crippen LogP contribution in [0.25, 0.3) is 0 Å². The molecule has 3 N–H and O–H groups in total.